The van der Waals surface area contributed by atoms with Gasteiger partial charge in [-0.1, -0.05) is 6.08 Å². The summed E-state index contributed by atoms with van der Waals surface area (Å²) in [6.45, 7) is 10.1. The van der Waals surface area contributed by atoms with Gasteiger partial charge in [-0.2, -0.15) is 5.10 Å². The summed E-state index contributed by atoms with van der Waals surface area (Å²) in [5.74, 6) is 0. The van der Waals surface area contributed by atoms with E-state index in [2.05, 4.69) is 37.5 Å². The maximum atomic E-state index is 14.6. The Bertz CT molecular complexity index is 330. The number of nitrogens with one attached hydrogen (secondary N) is 1. The molecule has 128 valence electrons. The quantitative estimate of drug-likeness (QED) is 0.326. The van der Waals surface area contributed by atoms with Crippen LogP contribution in [0.25, 0.3) is 0 Å². The number of aromatic amines is 1. The maximum absolute atomic E-state index is 14.6. The Morgan fingerprint density at radius 1 is 1.09 bits per heavy atom. The van der Waals surface area contributed by atoms with Gasteiger partial charge in [0.05, 0.1) is 0 Å². The molecule has 0 aromatic carbocycles. The van der Waals surface area contributed by atoms with Crippen LogP contribution < -0.4 is 0 Å². The van der Waals surface area contributed by atoms with Crippen molar-refractivity contribution in [2.75, 3.05) is 0 Å². The number of rotatable bonds is 11. The van der Waals surface area contributed by atoms with E-state index in [1.54, 1.807) is 6.20 Å². The molecule has 0 atom stereocenters. The van der Waals surface area contributed by atoms with E-state index in [1.165, 1.54) is 19.3 Å². The third kappa shape index (κ3) is 11.3. The third-order valence-corrected chi connectivity index (χ3v) is 14.6. The van der Waals surface area contributed by atoms with Crippen molar-refractivity contribution in [3.8, 4) is 0 Å². The monoisotopic (exact) mass is 418 g/mol. The minimum absolute atomic E-state index is 0.875. The summed E-state index contributed by atoms with van der Waals surface area (Å²) in [5, 5.41) is 6.58. The first-order chi connectivity index (χ1) is 10.6. The normalized spacial score (nSPS) is 10.9. The predicted molar refractivity (Wildman–Crippen MR) is 98.5 cm³/mol. The molecule has 2 nitrogen and oxygen atoms in total. The van der Waals surface area contributed by atoms with E-state index < -0.39 is 18.9 Å². The molecular weight excluding hydrogens is 382 g/mol. The predicted octanol–water partition coefficient (Wildman–Crippen LogP) is 6.44. The van der Waals surface area contributed by atoms with Crippen LogP contribution in [0, 0.1) is 0 Å². The number of hydrogen-bond donors (Lipinski definition) is 1. The summed E-state index contributed by atoms with van der Waals surface area (Å²) in [4.78, 5) is 0. The number of H-pyrrole nitrogens is 1. The van der Waals surface area contributed by atoms with Crippen molar-refractivity contribution in [3.63, 3.8) is 0 Å². The third-order valence-electron chi connectivity index (χ3n) is 3.86. The van der Waals surface area contributed by atoms with E-state index in [1.807, 2.05) is 12.1 Å². The summed E-state index contributed by atoms with van der Waals surface area (Å²) < 4.78 is 17.5. The molecule has 0 aliphatic rings. The van der Waals surface area contributed by atoms with Gasteiger partial charge in [0.2, 0.25) is 0 Å². The van der Waals surface area contributed by atoms with Gasteiger partial charge in [-0.25, -0.2) is 0 Å². The molecule has 0 saturated carbocycles. The Morgan fingerprint density at radius 2 is 1.59 bits per heavy atom. The van der Waals surface area contributed by atoms with Crippen molar-refractivity contribution in [1.29, 1.82) is 0 Å². The van der Waals surface area contributed by atoms with Gasteiger partial charge >= 0.3 is 94.4 Å². The van der Waals surface area contributed by atoms with Gasteiger partial charge in [0, 0.05) is 18.3 Å². The van der Waals surface area contributed by atoms with Gasteiger partial charge in [-0.3, -0.25) is 5.10 Å². The number of allylic oxidation sites excluding steroid dienone is 1. The Balaban J connectivity index is 0.000000461. The van der Waals surface area contributed by atoms with E-state index in [0.29, 0.717) is 0 Å². The average Bonchev–Trinajstić information content (AvgIpc) is 3.03. The number of aromatic nitrogens is 2. The van der Waals surface area contributed by atoms with Gasteiger partial charge in [-0.15, -0.1) is 6.58 Å². The van der Waals surface area contributed by atoms with Crippen molar-refractivity contribution in [1.82, 2.24) is 10.2 Å². The number of halogens is 1. The molecule has 0 aliphatic carbocycles. The number of nitrogens with zero attached hydrogens (tertiary/aromatic N) is 1. The fraction of sp³-hybridized carbons (Fsp3) is 0.722. The molecule has 1 N–H and O–H groups in total. The molecule has 0 radical (unpaired) electrons. The van der Waals surface area contributed by atoms with Crippen LogP contribution in [0.4, 0.5) is 2.87 Å². The van der Waals surface area contributed by atoms with Gasteiger partial charge in [0.15, 0.2) is 0 Å². The van der Waals surface area contributed by atoms with Gasteiger partial charge in [0.1, 0.15) is 0 Å². The van der Waals surface area contributed by atoms with Crippen molar-refractivity contribution < 1.29 is 2.87 Å². The van der Waals surface area contributed by atoms with E-state index in [9.17, 15) is 2.87 Å². The molecular formula is C18H35FN2Sn. The van der Waals surface area contributed by atoms with Crippen molar-refractivity contribution in [2.24, 2.45) is 0 Å². The molecule has 0 aliphatic heterocycles. The molecule has 0 spiro atoms. The summed E-state index contributed by atoms with van der Waals surface area (Å²) >= 11 is -3.06. The molecule has 4 heteroatoms. The van der Waals surface area contributed by atoms with Crippen LogP contribution in [0.1, 0.15) is 65.0 Å². The Labute approximate surface area is 141 Å². The molecule has 1 aromatic heterocycles. The van der Waals surface area contributed by atoms with E-state index >= 15 is 0 Å². The van der Waals surface area contributed by atoms with E-state index in [0.717, 1.165) is 44.7 Å². The zero-order valence-corrected chi connectivity index (χ0v) is 17.7. The summed E-state index contributed by atoms with van der Waals surface area (Å²) in [5.41, 5.74) is 1.11. The topological polar surface area (TPSA) is 28.7 Å². The van der Waals surface area contributed by atoms with Gasteiger partial charge in [-0.05, 0) is 6.07 Å². The van der Waals surface area contributed by atoms with E-state index in [-0.39, 0.29) is 0 Å². The van der Waals surface area contributed by atoms with Crippen LogP contribution in [0.2, 0.25) is 13.3 Å². The standard InChI is InChI=1S/C6H8N2.3C4H9.FH.Sn/c1-2-3-6-4-5-7-8-6;3*1-3-4-2;;/h2,4-5H,1,3H2,(H,7,8);3*1,3-4H2,2H3;1H;/q;;;;;+1/p-1. The van der Waals surface area contributed by atoms with Gasteiger partial charge < -0.3 is 0 Å². The molecule has 22 heavy (non-hydrogen) atoms. The Hall–Kier alpha value is -0.321. The fourth-order valence-electron chi connectivity index (χ4n) is 2.41. The van der Waals surface area contributed by atoms with Crippen molar-refractivity contribution >= 4 is 18.9 Å². The number of unbranched alkanes of at least 4 members (excludes halogenated alkanes) is 3. The van der Waals surface area contributed by atoms with Crippen molar-refractivity contribution in [3.05, 3.63) is 30.6 Å². The number of hydrogen-bond acceptors (Lipinski definition) is 1. The first kappa shape index (κ1) is 21.7. The van der Waals surface area contributed by atoms with Crippen LogP contribution in [0.3, 0.4) is 0 Å². The first-order valence-electron chi connectivity index (χ1n) is 8.89. The molecule has 0 unspecified atom stereocenters. The van der Waals surface area contributed by atoms with Gasteiger partial charge in [0.25, 0.3) is 0 Å². The zero-order chi connectivity index (χ0) is 16.7. The second-order valence-electron chi connectivity index (χ2n) is 6.04. The van der Waals surface area contributed by atoms with Crippen molar-refractivity contribution in [2.45, 2.75) is 79.0 Å². The molecule has 0 fully saturated rings. The van der Waals surface area contributed by atoms with Crippen LogP contribution in [-0.2, 0) is 6.42 Å². The molecule has 0 amide bonds. The average molecular weight is 417 g/mol. The first-order valence-corrected chi connectivity index (χ1v) is 16.0. The Kier molecular flexibility index (Phi) is 14.1. The summed E-state index contributed by atoms with van der Waals surface area (Å²) in [6.07, 6.45) is 11.4. The van der Waals surface area contributed by atoms with E-state index in [4.69, 9.17) is 0 Å². The summed E-state index contributed by atoms with van der Waals surface area (Å²) in [7, 11) is 0. The molecule has 1 heterocycles. The van der Waals surface area contributed by atoms with Crippen LogP contribution in [-0.4, -0.2) is 29.1 Å². The molecule has 1 aromatic rings. The molecule has 0 bridgehead atoms. The molecule has 1 rings (SSSR count). The fourth-order valence-corrected chi connectivity index (χ4v) is 13.0. The van der Waals surface area contributed by atoms with Crippen LogP contribution >= 0.6 is 0 Å². The minimum atomic E-state index is -3.06. The Morgan fingerprint density at radius 3 is 1.91 bits per heavy atom. The zero-order valence-electron chi connectivity index (χ0n) is 14.8. The van der Waals surface area contributed by atoms with Crippen LogP contribution in [0.15, 0.2) is 24.9 Å². The molecule has 0 saturated heterocycles. The second-order valence-corrected chi connectivity index (χ2v) is 16.9. The SMILES string of the molecule is C=CCc1ccn[nH]1.CCC[CH2][Sn]([F])([CH2]CCC)[CH2]CCC. The second kappa shape index (κ2) is 14.3. The summed E-state index contributed by atoms with van der Waals surface area (Å²) in [6, 6.07) is 1.93. The van der Waals surface area contributed by atoms with Crippen LogP contribution in [0.5, 0.6) is 0 Å².